The number of carbonyl (C=O) groups excluding carboxylic acids is 1. The highest BCUT2D eigenvalue weighted by Gasteiger charge is 2.32. The van der Waals surface area contributed by atoms with Crippen molar-refractivity contribution in [2.45, 2.75) is 38.7 Å². The highest BCUT2D eigenvalue weighted by molar-refractivity contribution is 5.97. The molecule has 0 radical (unpaired) electrons. The average molecular weight is 377 g/mol. The minimum atomic E-state index is -1.77. The van der Waals surface area contributed by atoms with Crippen LogP contribution in [0.4, 0.5) is 5.69 Å². The molecule has 28 heavy (non-hydrogen) atoms. The number of nitrogens with zero attached hydrogens (tertiary/aromatic N) is 2. The van der Waals surface area contributed by atoms with Crippen LogP contribution in [0, 0.1) is 22.7 Å². The summed E-state index contributed by atoms with van der Waals surface area (Å²) in [4.78, 5) is 12.5. The summed E-state index contributed by atoms with van der Waals surface area (Å²) >= 11 is 0. The topological polar surface area (TPSA) is 106 Å². The van der Waals surface area contributed by atoms with Gasteiger partial charge >= 0.3 is 0 Å². The molecule has 0 spiro atoms. The first-order chi connectivity index (χ1) is 13.1. The predicted molar refractivity (Wildman–Crippen MR) is 106 cm³/mol. The van der Waals surface area contributed by atoms with E-state index in [1.54, 1.807) is 42.5 Å². The molecule has 0 aromatic heterocycles. The second kappa shape index (κ2) is 8.12. The Balaban J connectivity index is 2.10. The molecule has 0 aliphatic heterocycles. The third kappa shape index (κ3) is 5.09. The van der Waals surface area contributed by atoms with Gasteiger partial charge in [-0.1, -0.05) is 20.8 Å². The van der Waals surface area contributed by atoms with Gasteiger partial charge in [0.25, 0.3) is 5.91 Å². The molecule has 0 unspecified atom stereocenters. The third-order valence-electron chi connectivity index (χ3n) is 4.20. The zero-order chi connectivity index (χ0) is 20.9. The minimum Gasteiger partial charge on any atom is -0.490 e. The van der Waals surface area contributed by atoms with Crippen LogP contribution in [0.5, 0.6) is 5.75 Å². The van der Waals surface area contributed by atoms with Crippen molar-refractivity contribution in [1.29, 1.82) is 10.5 Å². The van der Waals surface area contributed by atoms with Crippen LogP contribution in [0.2, 0.25) is 0 Å². The van der Waals surface area contributed by atoms with Gasteiger partial charge in [-0.25, -0.2) is 0 Å². The number of anilines is 1. The molecule has 2 aromatic rings. The van der Waals surface area contributed by atoms with Gasteiger partial charge < -0.3 is 15.2 Å². The zero-order valence-corrected chi connectivity index (χ0v) is 16.4. The summed E-state index contributed by atoms with van der Waals surface area (Å²) in [7, 11) is 0. The van der Waals surface area contributed by atoms with Crippen LogP contribution in [0.25, 0.3) is 0 Å². The maximum absolute atomic E-state index is 12.5. The Morgan fingerprint density at radius 1 is 1.07 bits per heavy atom. The standard InChI is InChI=1S/C22H23N3O3/c1-21(2,3)19-11-17(8-7-16(19)13-24)25-20(26)22(4,27)14-28-18-9-5-15(12-23)6-10-18/h5-11,27H,14H2,1-4H3,(H,25,26)/t22-/m0/s1. The number of nitriles is 2. The van der Waals surface area contributed by atoms with Crippen LogP contribution in [0.1, 0.15) is 44.4 Å². The van der Waals surface area contributed by atoms with Gasteiger partial charge in [0.1, 0.15) is 12.4 Å². The third-order valence-corrected chi connectivity index (χ3v) is 4.20. The lowest BCUT2D eigenvalue weighted by Crippen LogP contribution is -2.45. The van der Waals surface area contributed by atoms with Gasteiger partial charge in [-0.05, 0) is 60.4 Å². The highest BCUT2D eigenvalue weighted by atomic mass is 16.5. The number of ether oxygens (including phenoxy) is 1. The summed E-state index contributed by atoms with van der Waals surface area (Å²) in [6, 6.07) is 15.6. The molecular weight excluding hydrogens is 354 g/mol. The molecule has 2 N–H and O–H groups in total. The molecular formula is C22H23N3O3. The number of hydrogen-bond acceptors (Lipinski definition) is 5. The highest BCUT2D eigenvalue weighted by Crippen LogP contribution is 2.28. The number of nitrogens with one attached hydrogen (secondary N) is 1. The molecule has 2 rings (SSSR count). The average Bonchev–Trinajstić information content (AvgIpc) is 2.66. The Kier molecular flexibility index (Phi) is 6.08. The molecule has 144 valence electrons. The summed E-state index contributed by atoms with van der Waals surface area (Å²) < 4.78 is 5.48. The van der Waals surface area contributed by atoms with Gasteiger partial charge in [-0.2, -0.15) is 10.5 Å². The Morgan fingerprint density at radius 2 is 1.71 bits per heavy atom. The van der Waals surface area contributed by atoms with E-state index in [4.69, 9.17) is 10.00 Å². The molecule has 6 heteroatoms. The normalized spacial score (nSPS) is 13.0. The Bertz CT molecular complexity index is 943. The van der Waals surface area contributed by atoms with Crippen LogP contribution in [-0.2, 0) is 10.2 Å². The summed E-state index contributed by atoms with van der Waals surface area (Å²) in [5.74, 6) is -0.175. The van der Waals surface area contributed by atoms with Crippen LogP contribution in [0.3, 0.4) is 0 Å². The second-order valence-electron chi connectivity index (χ2n) is 7.78. The molecule has 0 aliphatic carbocycles. The number of amides is 1. The van der Waals surface area contributed by atoms with E-state index in [0.717, 1.165) is 5.56 Å². The van der Waals surface area contributed by atoms with E-state index in [0.29, 0.717) is 22.6 Å². The van der Waals surface area contributed by atoms with Gasteiger partial charge in [-0.15, -0.1) is 0 Å². The molecule has 2 aromatic carbocycles. The fourth-order valence-electron chi connectivity index (χ4n) is 2.52. The van der Waals surface area contributed by atoms with Crippen molar-refractivity contribution in [1.82, 2.24) is 0 Å². The number of benzene rings is 2. The van der Waals surface area contributed by atoms with E-state index >= 15 is 0 Å². The van der Waals surface area contributed by atoms with Crippen molar-refractivity contribution >= 4 is 11.6 Å². The SMILES string of the molecule is CC(C)(C)c1cc(NC(=O)[C@@](C)(O)COc2ccc(C#N)cc2)ccc1C#N. The minimum absolute atomic E-state index is 0.257. The van der Waals surface area contributed by atoms with Gasteiger partial charge in [0, 0.05) is 5.69 Å². The van der Waals surface area contributed by atoms with E-state index in [2.05, 4.69) is 11.4 Å². The van der Waals surface area contributed by atoms with Crippen LogP contribution >= 0.6 is 0 Å². The quantitative estimate of drug-likeness (QED) is 0.829. The van der Waals surface area contributed by atoms with E-state index in [1.165, 1.54) is 6.92 Å². The van der Waals surface area contributed by atoms with E-state index < -0.39 is 11.5 Å². The predicted octanol–water partition coefficient (Wildman–Crippen LogP) is 3.50. The fourth-order valence-corrected chi connectivity index (χ4v) is 2.52. The van der Waals surface area contributed by atoms with Gasteiger partial charge in [0.2, 0.25) is 0 Å². The number of carbonyl (C=O) groups is 1. The lowest BCUT2D eigenvalue weighted by Gasteiger charge is -2.24. The molecule has 0 aliphatic rings. The Labute approximate surface area is 165 Å². The Morgan fingerprint density at radius 3 is 2.25 bits per heavy atom. The molecule has 6 nitrogen and oxygen atoms in total. The van der Waals surface area contributed by atoms with E-state index in [1.807, 2.05) is 26.8 Å². The lowest BCUT2D eigenvalue weighted by molar-refractivity contribution is -0.135. The van der Waals surface area contributed by atoms with Gasteiger partial charge in [-0.3, -0.25) is 4.79 Å². The van der Waals surface area contributed by atoms with Gasteiger partial charge in [0.05, 0.1) is 23.3 Å². The maximum atomic E-state index is 12.5. The van der Waals surface area contributed by atoms with E-state index in [-0.39, 0.29) is 12.0 Å². The second-order valence-corrected chi connectivity index (χ2v) is 7.78. The molecule has 1 atom stereocenters. The van der Waals surface area contributed by atoms with Gasteiger partial charge in [0.15, 0.2) is 5.60 Å². The molecule has 0 saturated carbocycles. The van der Waals surface area contributed by atoms with Crippen molar-refractivity contribution in [3.05, 3.63) is 59.2 Å². The van der Waals surface area contributed by atoms with Crippen molar-refractivity contribution in [2.75, 3.05) is 11.9 Å². The Hall–Kier alpha value is -3.35. The molecule has 1 amide bonds. The summed E-state index contributed by atoms with van der Waals surface area (Å²) in [5.41, 5.74) is 0.291. The maximum Gasteiger partial charge on any atom is 0.259 e. The zero-order valence-electron chi connectivity index (χ0n) is 16.4. The summed E-state index contributed by atoms with van der Waals surface area (Å²) in [5, 5.41) is 31.3. The van der Waals surface area contributed by atoms with Crippen molar-refractivity contribution < 1.29 is 14.6 Å². The molecule has 0 saturated heterocycles. The molecule has 0 fully saturated rings. The first-order valence-corrected chi connectivity index (χ1v) is 8.78. The first kappa shape index (κ1) is 21.0. The lowest BCUT2D eigenvalue weighted by atomic mass is 9.84. The summed E-state index contributed by atoms with van der Waals surface area (Å²) in [6.45, 7) is 7.05. The van der Waals surface area contributed by atoms with Crippen molar-refractivity contribution in [3.8, 4) is 17.9 Å². The number of rotatable bonds is 5. The molecule has 0 heterocycles. The van der Waals surface area contributed by atoms with E-state index in [9.17, 15) is 15.2 Å². The smallest absolute Gasteiger partial charge is 0.259 e. The largest absolute Gasteiger partial charge is 0.490 e. The number of hydrogen-bond donors (Lipinski definition) is 2. The first-order valence-electron chi connectivity index (χ1n) is 8.78. The van der Waals surface area contributed by atoms with Crippen LogP contribution in [-0.4, -0.2) is 23.2 Å². The summed E-state index contributed by atoms with van der Waals surface area (Å²) in [6.07, 6.45) is 0. The van der Waals surface area contributed by atoms with Crippen molar-refractivity contribution in [3.63, 3.8) is 0 Å². The number of aliphatic hydroxyl groups is 1. The molecule has 0 bridgehead atoms. The van der Waals surface area contributed by atoms with Crippen LogP contribution < -0.4 is 10.1 Å². The van der Waals surface area contributed by atoms with Crippen LogP contribution in [0.15, 0.2) is 42.5 Å². The fraction of sp³-hybridized carbons (Fsp3) is 0.318. The van der Waals surface area contributed by atoms with Crippen molar-refractivity contribution in [2.24, 2.45) is 0 Å². The monoisotopic (exact) mass is 377 g/mol.